The van der Waals surface area contributed by atoms with Crippen LogP contribution in [0, 0.1) is 18.7 Å². The first-order valence-corrected chi connectivity index (χ1v) is 8.04. The molecule has 0 aliphatic rings. The molecule has 0 aliphatic heterocycles. The molecule has 0 saturated carbocycles. The number of carbonyl (C=O) groups excluding carboxylic acids is 1. The Morgan fingerprint density at radius 1 is 1.39 bits per heavy atom. The summed E-state index contributed by atoms with van der Waals surface area (Å²) in [6.07, 6.45) is 0.427. The van der Waals surface area contributed by atoms with Gasteiger partial charge in [0.05, 0.1) is 0 Å². The maximum Gasteiger partial charge on any atom is 0.236 e. The third kappa shape index (κ3) is 3.21. The minimum atomic E-state index is -0.306. The van der Waals surface area contributed by atoms with Gasteiger partial charge in [0, 0.05) is 12.0 Å². The lowest BCUT2D eigenvalue weighted by atomic mass is 10.1. The maximum absolute atomic E-state index is 13.7. The number of rotatable bonds is 4. The van der Waals surface area contributed by atoms with Crippen molar-refractivity contribution in [2.45, 2.75) is 27.2 Å². The Balaban J connectivity index is 1.91. The molecule has 0 atom stereocenters. The van der Waals surface area contributed by atoms with Gasteiger partial charge in [0.25, 0.3) is 0 Å². The predicted molar refractivity (Wildman–Crippen MR) is 86.9 cm³/mol. The van der Waals surface area contributed by atoms with E-state index in [-0.39, 0.29) is 17.6 Å². The monoisotopic (exact) mass is 333 g/mol. The average molecular weight is 333 g/mol. The van der Waals surface area contributed by atoms with Gasteiger partial charge in [0.1, 0.15) is 5.82 Å². The van der Waals surface area contributed by atoms with Crippen LogP contribution in [0.5, 0.6) is 0 Å². The highest BCUT2D eigenvalue weighted by Gasteiger charge is 2.16. The summed E-state index contributed by atoms with van der Waals surface area (Å²) in [7, 11) is 0. The number of anilines is 1. The number of hydrogen-bond acceptors (Lipinski definition) is 5. The Bertz CT molecular complexity index is 870. The van der Waals surface area contributed by atoms with E-state index in [0.29, 0.717) is 33.5 Å². The second-order valence-corrected chi connectivity index (χ2v) is 6.69. The molecular formula is C15H16FN5OS. The topological polar surface area (TPSA) is 72.2 Å². The van der Waals surface area contributed by atoms with Crippen molar-refractivity contribution < 1.29 is 9.18 Å². The van der Waals surface area contributed by atoms with Gasteiger partial charge in [-0.15, -0.1) is 15.3 Å². The zero-order valence-electron chi connectivity index (χ0n) is 13.0. The molecule has 1 aromatic carbocycles. The molecule has 0 fully saturated rings. The summed E-state index contributed by atoms with van der Waals surface area (Å²) in [6.45, 7) is 5.65. The van der Waals surface area contributed by atoms with Crippen LogP contribution >= 0.6 is 11.3 Å². The smallest absolute Gasteiger partial charge is 0.236 e. The zero-order valence-corrected chi connectivity index (χ0v) is 13.8. The molecule has 0 unspecified atom stereocenters. The van der Waals surface area contributed by atoms with Crippen LogP contribution < -0.4 is 5.32 Å². The predicted octanol–water partition coefficient (Wildman–Crippen LogP) is 3.28. The molecule has 1 N–H and O–H groups in total. The standard InChI is InChI=1S/C15H16FN5OS/c1-8(2)6-12(22)17-14-20-21-13(18-19-15(21)23-14)10-5-4-9(3)11(16)7-10/h4-5,7-8H,6H2,1-3H3,(H,17,20,22). The second-order valence-electron chi connectivity index (χ2n) is 5.74. The van der Waals surface area contributed by atoms with Crippen molar-refractivity contribution in [1.82, 2.24) is 19.8 Å². The summed E-state index contributed by atoms with van der Waals surface area (Å²) in [5.41, 5.74) is 1.15. The van der Waals surface area contributed by atoms with Crippen LogP contribution in [-0.2, 0) is 4.79 Å². The highest BCUT2D eigenvalue weighted by Crippen LogP contribution is 2.25. The van der Waals surface area contributed by atoms with E-state index in [1.165, 1.54) is 21.9 Å². The van der Waals surface area contributed by atoms with Gasteiger partial charge in [-0.3, -0.25) is 4.79 Å². The van der Waals surface area contributed by atoms with Crippen LogP contribution in [0.15, 0.2) is 18.2 Å². The van der Waals surface area contributed by atoms with Crippen molar-refractivity contribution in [3.05, 3.63) is 29.6 Å². The lowest BCUT2D eigenvalue weighted by Gasteiger charge is -2.03. The van der Waals surface area contributed by atoms with Crippen LogP contribution in [0.3, 0.4) is 0 Å². The number of nitrogens with zero attached hydrogens (tertiary/aromatic N) is 4. The van der Waals surface area contributed by atoms with Crippen molar-refractivity contribution in [1.29, 1.82) is 0 Å². The largest absolute Gasteiger partial charge is 0.301 e. The Morgan fingerprint density at radius 2 is 2.17 bits per heavy atom. The van der Waals surface area contributed by atoms with Gasteiger partial charge in [0.15, 0.2) is 5.82 Å². The van der Waals surface area contributed by atoms with Crippen molar-refractivity contribution in [3.8, 4) is 11.4 Å². The lowest BCUT2D eigenvalue weighted by Crippen LogP contribution is -2.13. The van der Waals surface area contributed by atoms with Gasteiger partial charge < -0.3 is 5.32 Å². The van der Waals surface area contributed by atoms with Crippen molar-refractivity contribution in [3.63, 3.8) is 0 Å². The Labute approximate surface area is 136 Å². The van der Waals surface area contributed by atoms with Gasteiger partial charge in [-0.2, -0.15) is 4.52 Å². The van der Waals surface area contributed by atoms with Crippen LogP contribution in [0.4, 0.5) is 9.52 Å². The number of aryl methyl sites for hydroxylation is 1. The number of halogens is 1. The molecular weight excluding hydrogens is 317 g/mol. The number of fused-ring (bicyclic) bond motifs is 1. The summed E-state index contributed by atoms with van der Waals surface area (Å²) in [4.78, 5) is 12.4. The lowest BCUT2D eigenvalue weighted by molar-refractivity contribution is -0.116. The molecule has 3 aromatic rings. The van der Waals surface area contributed by atoms with Crippen LogP contribution in [0.25, 0.3) is 16.3 Å². The minimum absolute atomic E-state index is 0.0899. The molecule has 0 radical (unpaired) electrons. The number of carbonyl (C=O) groups is 1. The highest BCUT2D eigenvalue weighted by atomic mass is 32.1. The highest BCUT2D eigenvalue weighted by molar-refractivity contribution is 7.20. The van der Waals surface area contributed by atoms with Crippen molar-refractivity contribution >= 4 is 27.3 Å². The fraction of sp³-hybridized carbons (Fsp3) is 0.333. The van der Waals surface area contributed by atoms with Gasteiger partial charge in [-0.1, -0.05) is 37.3 Å². The Hall–Kier alpha value is -2.35. The first kappa shape index (κ1) is 15.5. The van der Waals surface area contributed by atoms with Crippen LogP contribution in [-0.4, -0.2) is 25.7 Å². The van der Waals surface area contributed by atoms with E-state index in [9.17, 15) is 9.18 Å². The van der Waals surface area contributed by atoms with E-state index >= 15 is 0 Å². The molecule has 23 heavy (non-hydrogen) atoms. The minimum Gasteiger partial charge on any atom is -0.301 e. The van der Waals surface area contributed by atoms with E-state index in [0.717, 1.165) is 0 Å². The average Bonchev–Trinajstić information content (AvgIpc) is 3.00. The fourth-order valence-corrected chi connectivity index (χ4v) is 2.88. The van der Waals surface area contributed by atoms with E-state index in [4.69, 9.17) is 0 Å². The summed E-state index contributed by atoms with van der Waals surface area (Å²) in [6, 6.07) is 4.86. The Morgan fingerprint density at radius 3 is 2.87 bits per heavy atom. The number of hydrogen-bond donors (Lipinski definition) is 1. The first-order valence-electron chi connectivity index (χ1n) is 7.22. The maximum atomic E-state index is 13.7. The zero-order chi connectivity index (χ0) is 16.6. The fourth-order valence-electron chi connectivity index (χ4n) is 2.12. The second kappa shape index (κ2) is 6.04. The van der Waals surface area contributed by atoms with Gasteiger partial charge in [-0.05, 0) is 24.5 Å². The molecule has 0 saturated heterocycles. The summed E-state index contributed by atoms with van der Waals surface area (Å²) >= 11 is 1.23. The first-order chi connectivity index (χ1) is 10.9. The molecule has 1 amide bonds. The summed E-state index contributed by atoms with van der Waals surface area (Å²) in [5, 5.41) is 15.6. The van der Waals surface area contributed by atoms with Gasteiger partial charge >= 0.3 is 0 Å². The summed E-state index contributed by atoms with van der Waals surface area (Å²) < 4.78 is 15.3. The number of benzene rings is 1. The normalized spacial score (nSPS) is 11.3. The summed E-state index contributed by atoms with van der Waals surface area (Å²) in [5.74, 6) is 0.319. The molecule has 2 heterocycles. The molecule has 2 aromatic heterocycles. The van der Waals surface area contributed by atoms with Crippen molar-refractivity contribution in [2.24, 2.45) is 5.92 Å². The third-order valence-electron chi connectivity index (χ3n) is 3.26. The van der Waals surface area contributed by atoms with Gasteiger partial charge in [-0.25, -0.2) is 4.39 Å². The van der Waals surface area contributed by atoms with Crippen molar-refractivity contribution in [2.75, 3.05) is 5.32 Å². The molecule has 3 rings (SSSR count). The molecule has 8 heteroatoms. The van der Waals surface area contributed by atoms with E-state index in [1.807, 2.05) is 13.8 Å². The quantitative estimate of drug-likeness (QED) is 0.795. The van der Waals surface area contributed by atoms with E-state index in [1.54, 1.807) is 19.1 Å². The molecule has 6 nitrogen and oxygen atoms in total. The van der Waals surface area contributed by atoms with Gasteiger partial charge in [0.2, 0.25) is 16.0 Å². The van der Waals surface area contributed by atoms with E-state index < -0.39 is 0 Å². The molecule has 0 spiro atoms. The number of nitrogens with one attached hydrogen (secondary N) is 1. The van der Waals surface area contributed by atoms with Crippen LogP contribution in [0.2, 0.25) is 0 Å². The molecule has 0 bridgehead atoms. The van der Waals surface area contributed by atoms with E-state index in [2.05, 4.69) is 20.6 Å². The van der Waals surface area contributed by atoms with Crippen LogP contribution in [0.1, 0.15) is 25.8 Å². The Kier molecular flexibility index (Phi) is 4.08. The SMILES string of the molecule is Cc1ccc(-c2nnc3sc(NC(=O)CC(C)C)nn23)cc1F. The number of amides is 1. The molecule has 0 aliphatic carbocycles. The third-order valence-corrected chi connectivity index (χ3v) is 4.08. The molecule has 120 valence electrons. The number of aromatic nitrogens is 4.